The van der Waals surface area contributed by atoms with E-state index in [0.29, 0.717) is 17.8 Å². The highest BCUT2D eigenvalue weighted by molar-refractivity contribution is 5.77. The maximum atomic E-state index is 11.8. The van der Waals surface area contributed by atoms with Crippen LogP contribution in [0.4, 0.5) is 0 Å². The summed E-state index contributed by atoms with van der Waals surface area (Å²) in [6, 6.07) is 4.84. The molecule has 1 aromatic rings. The number of rotatable bonds is 7. The fourth-order valence-corrected chi connectivity index (χ4v) is 2.63. The summed E-state index contributed by atoms with van der Waals surface area (Å²) in [5.74, 6) is 0.605. The minimum atomic E-state index is -0.0404. The molecule has 0 aliphatic heterocycles. The topological polar surface area (TPSA) is 63.2 Å². The normalized spacial score (nSPS) is 18.7. The zero-order chi connectivity index (χ0) is 14.5. The van der Waals surface area contributed by atoms with E-state index in [2.05, 4.69) is 15.6 Å². The van der Waals surface area contributed by atoms with Crippen LogP contribution in [0.15, 0.2) is 18.3 Å². The van der Waals surface area contributed by atoms with Gasteiger partial charge in [-0.3, -0.25) is 9.78 Å². The largest absolute Gasteiger partial charge is 0.482 e. The van der Waals surface area contributed by atoms with Crippen LogP contribution in [0.2, 0.25) is 0 Å². The van der Waals surface area contributed by atoms with Crippen LogP contribution in [0.5, 0.6) is 5.75 Å². The molecule has 0 bridgehead atoms. The standard InChI is InChI=1S/C16H23N3O2/c20-16(19-13-3-1-2-4-13)11-21-15-8-7-14(18-10-15)9-17-12-5-6-12/h7-8,10,12-13,17H,1-6,9,11H2,(H,19,20). The SMILES string of the molecule is O=C(COc1ccc(CNC2CC2)nc1)NC1CCCC1. The van der Waals surface area contributed by atoms with E-state index in [0.717, 1.165) is 25.1 Å². The average Bonchev–Trinajstić information content (AvgIpc) is 3.20. The van der Waals surface area contributed by atoms with E-state index in [1.807, 2.05) is 12.1 Å². The Hall–Kier alpha value is -1.62. The van der Waals surface area contributed by atoms with Gasteiger partial charge in [-0.25, -0.2) is 0 Å². The summed E-state index contributed by atoms with van der Waals surface area (Å²) < 4.78 is 5.48. The molecule has 2 aliphatic carbocycles. The number of hydrogen-bond acceptors (Lipinski definition) is 4. The maximum Gasteiger partial charge on any atom is 0.258 e. The van der Waals surface area contributed by atoms with Gasteiger partial charge in [0, 0.05) is 18.6 Å². The summed E-state index contributed by atoms with van der Waals surface area (Å²) in [5, 5.41) is 6.42. The molecule has 2 saturated carbocycles. The number of hydrogen-bond donors (Lipinski definition) is 2. The van der Waals surface area contributed by atoms with Crippen molar-refractivity contribution in [2.75, 3.05) is 6.61 Å². The smallest absolute Gasteiger partial charge is 0.258 e. The Morgan fingerprint density at radius 1 is 1.19 bits per heavy atom. The Morgan fingerprint density at radius 3 is 2.67 bits per heavy atom. The van der Waals surface area contributed by atoms with Gasteiger partial charge in [0.2, 0.25) is 0 Å². The van der Waals surface area contributed by atoms with Crippen molar-refractivity contribution in [1.82, 2.24) is 15.6 Å². The number of nitrogens with one attached hydrogen (secondary N) is 2. The molecule has 5 heteroatoms. The summed E-state index contributed by atoms with van der Waals surface area (Å²) in [6.07, 6.45) is 8.85. The highest BCUT2D eigenvalue weighted by atomic mass is 16.5. The molecule has 0 unspecified atom stereocenters. The van der Waals surface area contributed by atoms with Crippen molar-refractivity contribution in [3.63, 3.8) is 0 Å². The van der Waals surface area contributed by atoms with E-state index in [1.54, 1.807) is 6.20 Å². The molecule has 0 radical (unpaired) electrons. The third-order valence-electron chi connectivity index (χ3n) is 4.04. The molecule has 1 heterocycles. The maximum absolute atomic E-state index is 11.8. The molecule has 0 aromatic carbocycles. The lowest BCUT2D eigenvalue weighted by molar-refractivity contribution is -0.123. The molecular weight excluding hydrogens is 266 g/mol. The fraction of sp³-hybridized carbons (Fsp3) is 0.625. The second-order valence-corrected chi connectivity index (χ2v) is 5.98. The third-order valence-corrected chi connectivity index (χ3v) is 4.04. The molecule has 2 aliphatic rings. The van der Waals surface area contributed by atoms with Gasteiger partial charge in [0.25, 0.3) is 5.91 Å². The summed E-state index contributed by atoms with van der Waals surface area (Å²) in [6.45, 7) is 0.866. The van der Waals surface area contributed by atoms with Crippen molar-refractivity contribution >= 4 is 5.91 Å². The van der Waals surface area contributed by atoms with Gasteiger partial charge in [-0.15, -0.1) is 0 Å². The number of carbonyl (C=O) groups is 1. The van der Waals surface area contributed by atoms with E-state index in [4.69, 9.17) is 4.74 Å². The predicted octanol–water partition coefficient (Wildman–Crippen LogP) is 1.77. The first-order valence-corrected chi connectivity index (χ1v) is 7.90. The zero-order valence-electron chi connectivity index (χ0n) is 12.3. The van der Waals surface area contributed by atoms with Crippen molar-refractivity contribution in [3.8, 4) is 5.75 Å². The van der Waals surface area contributed by atoms with Crippen LogP contribution in [-0.4, -0.2) is 29.6 Å². The lowest BCUT2D eigenvalue weighted by Gasteiger charge is -2.12. The molecule has 2 fully saturated rings. The summed E-state index contributed by atoms with van der Waals surface area (Å²) in [5.41, 5.74) is 1.00. The summed E-state index contributed by atoms with van der Waals surface area (Å²) >= 11 is 0. The van der Waals surface area contributed by atoms with Crippen LogP contribution in [0.1, 0.15) is 44.2 Å². The first kappa shape index (κ1) is 14.3. The van der Waals surface area contributed by atoms with Crippen LogP contribution >= 0.6 is 0 Å². The van der Waals surface area contributed by atoms with Crippen LogP contribution in [-0.2, 0) is 11.3 Å². The van der Waals surface area contributed by atoms with Crippen LogP contribution in [0.3, 0.4) is 0 Å². The van der Waals surface area contributed by atoms with Gasteiger partial charge in [0.05, 0.1) is 11.9 Å². The van der Waals surface area contributed by atoms with E-state index >= 15 is 0 Å². The van der Waals surface area contributed by atoms with E-state index in [1.165, 1.54) is 25.7 Å². The summed E-state index contributed by atoms with van der Waals surface area (Å²) in [7, 11) is 0. The third kappa shape index (κ3) is 4.70. The minimum absolute atomic E-state index is 0.0404. The van der Waals surface area contributed by atoms with Gasteiger partial charge in [-0.1, -0.05) is 12.8 Å². The van der Waals surface area contributed by atoms with Crippen molar-refractivity contribution in [2.24, 2.45) is 0 Å². The second-order valence-electron chi connectivity index (χ2n) is 5.98. The molecule has 0 saturated heterocycles. The lowest BCUT2D eigenvalue weighted by atomic mass is 10.2. The molecule has 0 spiro atoms. The average molecular weight is 289 g/mol. The molecule has 114 valence electrons. The minimum Gasteiger partial charge on any atom is -0.482 e. The van der Waals surface area contributed by atoms with Crippen molar-refractivity contribution in [3.05, 3.63) is 24.0 Å². The van der Waals surface area contributed by atoms with Crippen molar-refractivity contribution in [2.45, 2.75) is 57.2 Å². The Labute approximate surface area is 125 Å². The van der Waals surface area contributed by atoms with E-state index in [-0.39, 0.29) is 12.5 Å². The second kappa shape index (κ2) is 6.89. The Morgan fingerprint density at radius 2 is 2.00 bits per heavy atom. The number of aromatic nitrogens is 1. The molecule has 21 heavy (non-hydrogen) atoms. The number of carbonyl (C=O) groups excluding carboxylic acids is 1. The highest BCUT2D eigenvalue weighted by Gasteiger charge is 2.20. The first-order valence-electron chi connectivity index (χ1n) is 7.90. The quantitative estimate of drug-likeness (QED) is 0.803. The number of nitrogens with zero attached hydrogens (tertiary/aromatic N) is 1. The molecule has 3 rings (SSSR count). The van der Waals surface area contributed by atoms with Crippen LogP contribution in [0, 0.1) is 0 Å². The highest BCUT2D eigenvalue weighted by Crippen LogP contribution is 2.19. The summed E-state index contributed by atoms with van der Waals surface area (Å²) in [4.78, 5) is 16.1. The zero-order valence-corrected chi connectivity index (χ0v) is 12.3. The van der Waals surface area contributed by atoms with E-state index in [9.17, 15) is 4.79 Å². The fourth-order valence-electron chi connectivity index (χ4n) is 2.63. The predicted molar refractivity (Wildman–Crippen MR) is 80.0 cm³/mol. The van der Waals surface area contributed by atoms with Gasteiger partial charge in [-0.05, 0) is 37.8 Å². The van der Waals surface area contributed by atoms with Crippen molar-refractivity contribution < 1.29 is 9.53 Å². The Kier molecular flexibility index (Phi) is 4.70. The van der Waals surface area contributed by atoms with E-state index < -0.39 is 0 Å². The van der Waals surface area contributed by atoms with Gasteiger partial charge >= 0.3 is 0 Å². The van der Waals surface area contributed by atoms with Gasteiger partial charge < -0.3 is 15.4 Å². The van der Waals surface area contributed by atoms with Crippen LogP contribution in [0.25, 0.3) is 0 Å². The molecular formula is C16H23N3O2. The van der Waals surface area contributed by atoms with Crippen molar-refractivity contribution in [1.29, 1.82) is 0 Å². The molecule has 1 amide bonds. The molecule has 1 aromatic heterocycles. The Balaban J connectivity index is 1.38. The molecule has 2 N–H and O–H groups in total. The number of ether oxygens (including phenoxy) is 1. The monoisotopic (exact) mass is 289 g/mol. The lowest BCUT2D eigenvalue weighted by Crippen LogP contribution is -2.36. The van der Waals surface area contributed by atoms with Gasteiger partial charge in [-0.2, -0.15) is 0 Å². The van der Waals surface area contributed by atoms with Crippen LogP contribution < -0.4 is 15.4 Å². The van der Waals surface area contributed by atoms with Gasteiger partial charge in [0.15, 0.2) is 6.61 Å². The number of amides is 1. The van der Waals surface area contributed by atoms with Gasteiger partial charge in [0.1, 0.15) is 5.75 Å². The first-order chi connectivity index (χ1) is 10.3. The Bertz CT molecular complexity index is 465. The molecule has 0 atom stereocenters. The molecule has 5 nitrogen and oxygen atoms in total. The number of pyridine rings is 1.